The van der Waals surface area contributed by atoms with Crippen molar-refractivity contribution in [3.63, 3.8) is 0 Å². The van der Waals surface area contributed by atoms with Crippen LogP contribution in [0, 0.1) is 0 Å². The number of ether oxygens (including phenoxy) is 1. The predicted molar refractivity (Wildman–Crippen MR) is 50.9 cm³/mol. The van der Waals surface area contributed by atoms with Crippen LogP contribution in [0.1, 0.15) is 18.9 Å². The molecule has 1 aliphatic heterocycles. The van der Waals surface area contributed by atoms with Gasteiger partial charge in [-0.15, -0.1) is 0 Å². The molecule has 4 heteroatoms. The quantitative estimate of drug-likeness (QED) is 0.747. The van der Waals surface area contributed by atoms with E-state index in [1.165, 1.54) is 0 Å². The van der Waals surface area contributed by atoms with Crippen LogP contribution in [0.5, 0.6) is 0 Å². The van der Waals surface area contributed by atoms with Crippen molar-refractivity contribution < 1.29 is 4.74 Å². The lowest BCUT2D eigenvalue weighted by Crippen LogP contribution is -2.18. The van der Waals surface area contributed by atoms with Gasteiger partial charge in [0.15, 0.2) is 0 Å². The third kappa shape index (κ3) is 1.83. The molecule has 0 unspecified atom stereocenters. The van der Waals surface area contributed by atoms with Crippen molar-refractivity contribution in [2.75, 3.05) is 25.6 Å². The Morgan fingerprint density at radius 1 is 1.54 bits per heavy atom. The SMILES string of the molecule is CNc1cn(C2CCOCC2)cn1. The molecule has 2 rings (SSSR count). The van der Waals surface area contributed by atoms with Crippen LogP contribution in [-0.2, 0) is 4.74 Å². The molecule has 0 aromatic carbocycles. The van der Waals surface area contributed by atoms with E-state index in [1.807, 2.05) is 13.4 Å². The lowest BCUT2D eigenvalue weighted by Gasteiger charge is -2.22. The van der Waals surface area contributed by atoms with Crippen molar-refractivity contribution in [3.05, 3.63) is 12.5 Å². The summed E-state index contributed by atoms with van der Waals surface area (Å²) in [5, 5.41) is 3.02. The Morgan fingerprint density at radius 2 is 2.31 bits per heavy atom. The largest absolute Gasteiger partial charge is 0.381 e. The van der Waals surface area contributed by atoms with E-state index in [-0.39, 0.29) is 0 Å². The number of imidazole rings is 1. The summed E-state index contributed by atoms with van der Waals surface area (Å²) in [6.45, 7) is 1.75. The van der Waals surface area contributed by atoms with Crippen LogP contribution in [0.4, 0.5) is 5.82 Å². The first kappa shape index (κ1) is 8.56. The van der Waals surface area contributed by atoms with Crippen molar-refractivity contribution in [3.8, 4) is 0 Å². The molecule has 13 heavy (non-hydrogen) atoms. The van der Waals surface area contributed by atoms with Crippen LogP contribution in [0.2, 0.25) is 0 Å². The molecule has 72 valence electrons. The van der Waals surface area contributed by atoms with Crippen molar-refractivity contribution >= 4 is 5.82 Å². The summed E-state index contributed by atoms with van der Waals surface area (Å²) in [6, 6.07) is 0.573. The minimum atomic E-state index is 0.573. The average Bonchev–Trinajstić information content (AvgIpc) is 2.67. The van der Waals surface area contributed by atoms with Gasteiger partial charge in [-0.05, 0) is 12.8 Å². The zero-order chi connectivity index (χ0) is 9.10. The van der Waals surface area contributed by atoms with E-state index in [2.05, 4.69) is 21.1 Å². The maximum Gasteiger partial charge on any atom is 0.143 e. The Hall–Kier alpha value is -1.03. The standard InChI is InChI=1S/C9H15N3O/c1-10-9-6-12(7-11-9)8-2-4-13-5-3-8/h6-8,10H,2-5H2,1H3. The van der Waals surface area contributed by atoms with E-state index in [1.54, 1.807) is 0 Å². The molecular weight excluding hydrogens is 166 g/mol. The molecule has 0 spiro atoms. The van der Waals surface area contributed by atoms with E-state index < -0.39 is 0 Å². The zero-order valence-corrected chi connectivity index (χ0v) is 7.86. The van der Waals surface area contributed by atoms with Crippen molar-refractivity contribution in [1.82, 2.24) is 9.55 Å². The maximum atomic E-state index is 5.30. The van der Waals surface area contributed by atoms with Gasteiger partial charge < -0.3 is 14.6 Å². The zero-order valence-electron chi connectivity index (χ0n) is 7.86. The first-order valence-electron chi connectivity index (χ1n) is 4.69. The summed E-state index contributed by atoms with van der Waals surface area (Å²) in [7, 11) is 1.89. The number of anilines is 1. The smallest absolute Gasteiger partial charge is 0.143 e. The highest BCUT2D eigenvalue weighted by Crippen LogP contribution is 2.21. The van der Waals surface area contributed by atoms with Gasteiger partial charge in [0.1, 0.15) is 5.82 Å². The fourth-order valence-electron chi connectivity index (χ4n) is 1.65. The van der Waals surface area contributed by atoms with Gasteiger partial charge in [0.25, 0.3) is 0 Å². The van der Waals surface area contributed by atoms with Crippen LogP contribution in [0.25, 0.3) is 0 Å². The molecule has 0 amide bonds. The van der Waals surface area contributed by atoms with Crippen molar-refractivity contribution in [2.24, 2.45) is 0 Å². The molecule has 1 aromatic rings. The molecule has 1 fully saturated rings. The number of hydrogen-bond donors (Lipinski definition) is 1. The van der Waals surface area contributed by atoms with Crippen LogP contribution in [0.3, 0.4) is 0 Å². The first-order chi connectivity index (χ1) is 6.40. The van der Waals surface area contributed by atoms with E-state index in [4.69, 9.17) is 4.74 Å². The third-order valence-electron chi connectivity index (χ3n) is 2.47. The van der Waals surface area contributed by atoms with Gasteiger partial charge in [-0.3, -0.25) is 0 Å². The second kappa shape index (κ2) is 3.79. The minimum absolute atomic E-state index is 0.573. The monoisotopic (exact) mass is 181 g/mol. The topological polar surface area (TPSA) is 39.1 Å². The van der Waals surface area contributed by atoms with E-state index in [0.717, 1.165) is 31.9 Å². The number of hydrogen-bond acceptors (Lipinski definition) is 3. The normalized spacial score (nSPS) is 18.8. The van der Waals surface area contributed by atoms with Gasteiger partial charge in [-0.2, -0.15) is 0 Å². The predicted octanol–water partition coefficient (Wildman–Crippen LogP) is 1.28. The van der Waals surface area contributed by atoms with Gasteiger partial charge in [0, 0.05) is 32.5 Å². The second-order valence-electron chi connectivity index (χ2n) is 3.30. The average molecular weight is 181 g/mol. The molecule has 1 aromatic heterocycles. The highest BCUT2D eigenvalue weighted by Gasteiger charge is 2.15. The summed E-state index contributed by atoms with van der Waals surface area (Å²) in [5.74, 6) is 0.937. The third-order valence-corrected chi connectivity index (χ3v) is 2.47. The van der Waals surface area contributed by atoms with E-state index in [9.17, 15) is 0 Å². The molecule has 4 nitrogen and oxygen atoms in total. The summed E-state index contributed by atoms with van der Waals surface area (Å²) in [4.78, 5) is 4.22. The summed E-state index contributed by atoms with van der Waals surface area (Å²) in [5.41, 5.74) is 0. The Morgan fingerprint density at radius 3 is 2.92 bits per heavy atom. The van der Waals surface area contributed by atoms with Gasteiger partial charge in [0.05, 0.1) is 6.33 Å². The van der Waals surface area contributed by atoms with E-state index in [0.29, 0.717) is 6.04 Å². The molecule has 2 heterocycles. The number of rotatable bonds is 2. The molecule has 0 aliphatic carbocycles. The Balaban J connectivity index is 2.05. The number of nitrogens with zero attached hydrogens (tertiary/aromatic N) is 2. The Bertz CT molecular complexity index is 266. The minimum Gasteiger partial charge on any atom is -0.381 e. The Kier molecular flexibility index (Phi) is 2.49. The molecule has 0 saturated carbocycles. The molecule has 1 saturated heterocycles. The van der Waals surface area contributed by atoms with Crippen LogP contribution < -0.4 is 5.32 Å². The molecule has 1 aliphatic rings. The lowest BCUT2D eigenvalue weighted by atomic mass is 10.1. The van der Waals surface area contributed by atoms with Crippen LogP contribution >= 0.6 is 0 Å². The van der Waals surface area contributed by atoms with Gasteiger partial charge in [-0.25, -0.2) is 4.98 Å². The summed E-state index contributed by atoms with van der Waals surface area (Å²) >= 11 is 0. The molecule has 0 bridgehead atoms. The Labute approximate surface area is 77.9 Å². The first-order valence-corrected chi connectivity index (χ1v) is 4.69. The number of aromatic nitrogens is 2. The van der Waals surface area contributed by atoms with Crippen molar-refractivity contribution in [2.45, 2.75) is 18.9 Å². The maximum absolute atomic E-state index is 5.30. The van der Waals surface area contributed by atoms with Gasteiger partial charge >= 0.3 is 0 Å². The fraction of sp³-hybridized carbons (Fsp3) is 0.667. The van der Waals surface area contributed by atoms with Gasteiger partial charge in [0.2, 0.25) is 0 Å². The molecule has 0 atom stereocenters. The van der Waals surface area contributed by atoms with Crippen LogP contribution in [0.15, 0.2) is 12.5 Å². The molecule has 0 radical (unpaired) electrons. The van der Waals surface area contributed by atoms with Crippen LogP contribution in [-0.4, -0.2) is 29.8 Å². The summed E-state index contributed by atoms with van der Waals surface area (Å²) in [6.07, 6.45) is 6.14. The summed E-state index contributed by atoms with van der Waals surface area (Å²) < 4.78 is 7.48. The van der Waals surface area contributed by atoms with Gasteiger partial charge in [-0.1, -0.05) is 0 Å². The molecular formula is C9H15N3O. The second-order valence-corrected chi connectivity index (χ2v) is 3.30. The van der Waals surface area contributed by atoms with Crippen molar-refractivity contribution in [1.29, 1.82) is 0 Å². The lowest BCUT2D eigenvalue weighted by molar-refractivity contribution is 0.0696. The highest BCUT2D eigenvalue weighted by atomic mass is 16.5. The number of nitrogens with one attached hydrogen (secondary N) is 1. The molecule has 1 N–H and O–H groups in total. The van der Waals surface area contributed by atoms with E-state index >= 15 is 0 Å². The highest BCUT2D eigenvalue weighted by molar-refractivity contribution is 5.29. The fourth-order valence-corrected chi connectivity index (χ4v) is 1.65.